The molecule has 1 saturated heterocycles. The predicted octanol–water partition coefficient (Wildman–Crippen LogP) is 1.24. The van der Waals surface area contributed by atoms with E-state index in [2.05, 4.69) is 5.32 Å². The van der Waals surface area contributed by atoms with Gasteiger partial charge < -0.3 is 20.7 Å². The minimum Gasteiger partial charge on any atom is -0.444 e. The third-order valence-electron chi connectivity index (χ3n) is 3.09. The van der Waals surface area contributed by atoms with E-state index in [1.165, 1.54) is 0 Å². The number of likely N-dealkylation sites (tertiary alicyclic amines) is 1. The first-order valence-corrected chi connectivity index (χ1v) is 7.07. The second-order valence-corrected chi connectivity index (χ2v) is 6.91. The van der Waals surface area contributed by atoms with Crippen LogP contribution < -0.4 is 11.1 Å². The average molecular weight is 285 g/mol. The molecule has 0 bridgehead atoms. The van der Waals surface area contributed by atoms with Crippen molar-refractivity contribution in [3.63, 3.8) is 0 Å². The molecule has 6 nitrogen and oxygen atoms in total. The number of rotatable bonds is 2. The molecule has 1 fully saturated rings. The Kier molecular flexibility index (Phi) is 5.02. The van der Waals surface area contributed by atoms with Gasteiger partial charge in [-0.1, -0.05) is 0 Å². The maximum atomic E-state index is 12.5. The summed E-state index contributed by atoms with van der Waals surface area (Å²) in [5, 5.41) is 2.63. The highest BCUT2D eigenvalue weighted by atomic mass is 16.6. The van der Waals surface area contributed by atoms with Crippen molar-refractivity contribution < 1.29 is 14.3 Å². The standard InChI is InChI=1S/C14H27N3O3/c1-13(2,3)20-12(19)16-14(4,5)11(18)17-8-6-7-10(15)9-17/h10H,6-9,15H2,1-5H3,(H,16,19). The highest BCUT2D eigenvalue weighted by Gasteiger charge is 2.36. The Morgan fingerprint density at radius 2 is 1.85 bits per heavy atom. The second kappa shape index (κ2) is 5.99. The molecule has 0 aliphatic carbocycles. The van der Waals surface area contributed by atoms with Crippen LogP contribution in [0.5, 0.6) is 0 Å². The van der Waals surface area contributed by atoms with E-state index < -0.39 is 17.2 Å². The first-order chi connectivity index (χ1) is 9.01. The average Bonchev–Trinajstić information content (AvgIpc) is 2.24. The summed E-state index contributed by atoms with van der Waals surface area (Å²) in [7, 11) is 0. The Morgan fingerprint density at radius 1 is 1.25 bits per heavy atom. The van der Waals surface area contributed by atoms with Gasteiger partial charge in [-0.2, -0.15) is 0 Å². The van der Waals surface area contributed by atoms with Crippen LogP contribution in [0.1, 0.15) is 47.5 Å². The van der Waals surface area contributed by atoms with Gasteiger partial charge in [-0.15, -0.1) is 0 Å². The van der Waals surface area contributed by atoms with Crippen LogP contribution >= 0.6 is 0 Å². The van der Waals surface area contributed by atoms with Gasteiger partial charge in [0.2, 0.25) is 5.91 Å². The number of carbonyl (C=O) groups excluding carboxylic acids is 2. The first kappa shape index (κ1) is 16.8. The van der Waals surface area contributed by atoms with Crippen molar-refractivity contribution in [2.24, 2.45) is 5.73 Å². The number of nitrogens with one attached hydrogen (secondary N) is 1. The van der Waals surface area contributed by atoms with Crippen LogP contribution in [0.4, 0.5) is 4.79 Å². The van der Waals surface area contributed by atoms with Crippen LogP contribution in [0.2, 0.25) is 0 Å². The van der Waals surface area contributed by atoms with Crippen LogP contribution in [-0.4, -0.2) is 47.2 Å². The van der Waals surface area contributed by atoms with Crippen molar-refractivity contribution in [3.8, 4) is 0 Å². The van der Waals surface area contributed by atoms with Crippen LogP contribution in [-0.2, 0) is 9.53 Å². The molecule has 1 rings (SSSR count). The number of ether oxygens (including phenoxy) is 1. The Hall–Kier alpha value is -1.30. The molecule has 0 aromatic heterocycles. The topological polar surface area (TPSA) is 84.7 Å². The van der Waals surface area contributed by atoms with Gasteiger partial charge in [-0.3, -0.25) is 4.79 Å². The van der Waals surface area contributed by atoms with E-state index >= 15 is 0 Å². The van der Waals surface area contributed by atoms with Gasteiger partial charge in [-0.05, 0) is 47.5 Å². The number of nitrogens with zero attached hydrogens (tertiary/aromatic N) is 1. The first-order valence-electron chi connectivity index (χ1n) is 7.07. The van der Waals surface area contributed by atoms with Gasteiger partial charge in [0, 0.05) is 19.1 Å². The Labute approximate surface area is 121 Å². The SMILES string of the molecule is CC(C)(C)OC(=O)NC(C)(C)C(=O)N1CCCC(N)C1. The Morgan fingerprint density at radius 3 is 2.35 bits per heavy atom. The van der Waals surface area contributed by atoms with Crippen molar-refractivity contribution in [2.45, 2.75) is 64.6 Å². The van der Waals surface area contributed by atoms with Crippen LogP contribution in [0.25, 0.3) is 0 Å². The lowest BCUT2D eigenvalue weighted by Crippen LogP contribution is -2.59. The number of piperidine rings is 1. The van der Waals surface area contributed by atoms with E-state index in [0.717, 1.165) is 12.8 Å². The fraction of sp³-hybridized carbons (Fsp3) is 0.857. The van der Waals surface area contributed by atoms with E-state index in [0.29, 0.717) is 13.1 Å². The van der Waals surface area contributed by atoms with Crippen LogP contribution in [0, 0.1) is 0 Å². The third-order valence-corrected chi connectivity index (χ3v) is 3.09. The summed E-state index contributed by atoms with van der Waals surface area (Å²) in [4.78, 5) is 26.0. The molecule has 0 spiro atoms. The number of amides is 2. The van der Waals surface area contributed by atoms with E-state index in [1.54, 1.807) is 39.5 Å². The van der Waals surface area contributed by atoms with Crippen molar-refractivity contribution >= 4 is 12.0 Å². The van der Waals surface area contributed by atoms with Gasteiger partial charge in [0.1, 0.15) is 11.1 Å². The molecule has 116 valence electrons. The molecule has 1 atom stereocenters. The highest BCUT2D eigenvalue weighted by Crippen LogP contribution is 2.16. The van der Waals surface area contributed by atoms with Crippen molar-refractivity contribution in [1.82, 2.24) is 10.2 Å². The zero-order valence-electron chi connectivity index (χ0n) is 13.2. The number of hydrogen-bond donors (Lipinski definition) is 2. The Bertz CT molecular complexity index is 374. The predicted molar refractivity (Wildman–Crippen MR) is 77.2 cm³/mol. The van der Waals surface area contributed by atoms with Gasteiger partial charge >= 0.3 is 6.09 Å². The molecule has 0 radical (unpaired) electrons. The van der Waals surface area contributed by atoms with Crippen LogP contribution in [0.3, 0.4) is 0 Å². The molecule has 0 saturated carbocycles. The van der Waals surface area contributed by atoms with E-state index in [9.17, 15) is 9.59 Å². The summed E-state index contributed by atoms with van der Waals surface area (Å²) in [6.07, 6.45) is 1.25. The van der Waals surface area contributed by atoms with Crippen molar-refractivity contribution in [1.29, 1.82) is 0 Å². The third kappa shape index (κ3) is 5.00. The molecule has 0 aromatic carbocycles. The summed E-state index contributed by atoms with van der Waals surface area (Å²) >= 11 is 0. The minimum atomic E-state index is -1.00. The van der Waals surface area contributed by atoms with Crippen LogP contribution in [0.15, 0.2) is 0 Å². The maximum absolute atomic E-state index is 12.5. The minimum absolute atomic E-state index is 0.0185. The summed E-state index contributed by atoms with van der Waals surface area (Å²) in [6, 6.07) is 0.0185. The lowest BCUT2D eigenvalue weighted by atomic mass is 10.00. The fourth-order valence-electron chi connectivity index (χ4n) is 2.20. The number of hydrogen-bond acceptors (Lipinski definition) is 4. The van der Waals surface area contributed by atoms with Gasteiger partial charge in [-0.25, -0.2) is 4.79 Å². The molecule has 2 amide bonds. The molecule has 3 N–H and O–H groups in total. The zero-order valence-corrected chi connectivity index (χ0v) is 13.2. The number of alkyl carbamates (subject to hydrolysis) is 1. The van der Waals surface area contributed by atoms with E-state index in [1.807, 2.05) is 0 Å². The Balaban J connectivity index is 2.62. The lowest BCUT2D eigenvalue weighted by Gasteiger charge is -2.37. The molecule has 1 unspecified atom stereocenters. The fourth-order valence-corrected chi connectivity index (χ4v) is 2.20. The highest BCUT2D eigenvalue weighted by molar-refractivity contribution is 5.89. The lowest BCUT2D eigenvalue weighted by molar-refractivity contribution is -0.138. The van der Waals surface area contributed by atoms with E-state index in [-0.39, 0.29) is 11.9 Å². The second-order valence-electron chi connectivity index (χ2n) is 6.91. The molecular weight excluding hydrogens is 258 g/mol. The van der Waals surface area contributed by atoms with Crippen molar-refractivity contribution in [3.05, 3.63) is 0 Å². The summed E-state index contributed by atoms with van der Waals surface area (Å²) in [5.41, 5.74) is 4.30. The number of nitrogens with two attached hydrogens (primary N) is 1. The smallest absolute Gasteiger partial charge is 0.408 e. The molecular formula is C14H27N3O3. The maximum Gasteiger partial charge on any atom is 0.408 e. The molecule has 6 heteroatoms. The van der Waals surface area contributed by atoms with E-state index in [4.69, 9.17) is 10.5 Å². The van der Waals surface area contributed by atoms with Gasteiger partial charge in [0.05, 0.1) is 0 Å². The molecule has 1 aliphatic heterocycles. The number of carbonyl (C=O) groups is 2. The van der Waals surface area contributed by atoms with Crippen molar-refractivity contribution in [2.75, 3.05) is 13.1 Å². The molecule has 20 heavy (non-hydrogen) atoms. The monoisotopic (exact) mass is 285 g/mol. The largest absolute Gasteiger partial charge is 0.444 e. The summed E-state index contributed by atoms with van der Waals surface area (Å²) < 4.78 is 5.19. The summed E-state index contributed by atoms with van der Waals surface area (Å²) in [6.45, 7) is 9.93. The quantitative estimate of drug-likeness (QED) is 0.799. The summed E-state index contributed by atoms with van der Waals surface area (Å²) in [5.74, 6) is -0.126. The molecule has 1 aliphatic rings. The van der Waals surface area contributed by atoms with Gasteiger partial charge in [0.15, 0.2) is 0 Å². The molecule has 0 aromatic rings. The normalized spacial score (nSPS) is 20.5. The van der Waals surface area contributed by atoms with Gasteiger partial charge in [0.25, 0.3) is 0 Å². The zero-order chi connectivity index (χ0) is 15.6. The molecule has 1 heterocycles.